The molecular weight excluding hydrogens is 384 g/mol. The van der Waals surface area contributed by atoms with Crippen LogP contribution in [0.15, 0.2) is 41.4 Å². The summed E-state index contributed by atoms with van der Waals surface area (Å²) in [6, 6.07) is 8.88. The van der Waals surface area contributed by atoms with Gasteiger partial charge in [0.05, 0.1) is 6.54 Å². The third-order valence-corrected chi connectivity index (χ3v) is 6.92. The van der Waals surface area contributed by atoms with E-state index in [4.69, 9.17) is 21.3 Å². The second kappa shape index (κ2) is 9.50. The maximum Gasteiger partial charge on any atom is 0.193 e. The van der Waals surface area contributed by atoms with Gasteiger partial charge >= 0.3 is 0 Å². The molecule has 5 nitrogen and oxygen atoms in total. The molecule has 0 amide bonds. The van der Waals surface area contributed by atoms with Crippen LogP contribution in [-0.2, 0) is 10.2 Å². The summed E-state index contributed by atoms with van der Waals surface area (Å²) in [5.41, 5.74) is 1.17. The molecule has 3 aliphatic heterocycles. The summed E-state index contributed by atoms with van der Waals surface area (Å²) in [4.78, 5) is 10.2. The number of aliphatic imine (C=N–C) groups is 1. The lowest BCUT2D eigenvalue weighted by Gasteiger charge is -2.37. The molecule has 0 aliphatic carbocycles. The lowest BCUT2D eigenvalue weighted by atomic mass is 9.74. The van der Waals surface area contributed by atoms with Crippen molar-refractivity contribution >= 4 is 17.6 Å². The van der Waals surface area contributed by atoms with Crippen LogP contribution in [0.1, 0.15) is 31.7 Å². The minimum absolute atomic E-state index is 0.0464. The Labute approximate surface area is 179 Å². The van der Waals surface area contributed by atoms with Gasteiger partial charge in [-0.25, -0.2) is 0 Å². The van der Waals surface area contributed by atoms with Gasteiger partial charge in [-0.15, -0.1) is 0 Å². The van der Waals surface area contributed by atoms with Gasteiger partial charge < -0.3 is 15.0 Å². The van der Waals surface area contributed by atoms with Gasteiger partial charge in [-0.2, -0.15) is 0 Å². The molecule has 1 aromatic carbocycles. The lowest BCUT2D eigenvalue weighted by Crippen LogP contribution is -2.44. The van der Waals surface area contributed by atoms with E-state index < -0.39 is 0 Å². The molecule has 1 unspecified atom stereocenters. The molecule has 4 rings (SSSR count). The number of halogens is 1. The van der Waals surface area contributed by atoms with Crippen LogP contribution in [0.3, 0.4) is 0 Å². The fraction of sp³-hybridized carbons (Fsp3) is 0.609. The van der Waals surface area contributed by atoms with Gasteiger partial charge in [0, 0.05) is 62.4 Å². The molecular formula is C23H33ClN4O. The van der Waals surface area contributed by atoms with E-state index in [9.17, 15) is 0 Å². The summed E-state index contributed by atoms with van der Waals surface area (Å²) in [7, 11) is 0. The maximum atomic E-state index is 6.62. The first-order valence-electron chi connectivity index (χ1n) is 11.0. The Morgan fingerprint density at radius 1 is 1.24 bits per heavy atom. The van der Waals surface area contributed by atoms with Crippen LogP contribution in [0.4, 0.5) is 0 Å². The second-order valence-electron chi connectivity index (χ2n) is 8.36. The zero-order valence-electron chi connectivity index (χ0n) is 17.4. The van der Waals surface area contributed by atoms with Crippen LogP contribution in [0.25, 0.3) is 0 Å². The monoisotopic (exact) mass is 416 g/mol. The zero-order valence-corrected chi connectivity index (χ0v) is 18.2. The topological polar surface area (TPSA) is 40.1 Å². The first-order chi connectivity index (χ1) is 14.2. The average Bonchev–Trinajstić information content (AvgIpc) is 3.44. The van der Waals surface area contributed by atoms with Gasteiger partial charge in [-0.3, -0.25) is 9.89 Å². The minimum atomic E-state index is -0.0464. The normalized spacial score (nSPS) is 25.0. The number of nitrogens with one attached hydrogen (secondary N) is 1. The summed E-state index contributed by atoms with van der Waals surface area (Å²) >= 11 is 6.62. The Bertz CT molecular complexity index is 736. The molecule has 0 saturated carbocycles. The van der Waals surface area contributed by atoms with Crippen molar-refractivity contribution < 1.29 is 4.74 Å². The lowest BCUT2D eigenvalue weighted by molar-refractivity contribution is 0.0530. The first-order valence-corrected chi connectivity index (χ1v) is 11.3. The van der Waals surface area contributed by atoms with Gasteiger partial charge in [-0.1, -0.05) is 42.0 Å². The third-order valence-electron chi connectivity index (χ3n) is 6.59. The fourth-order valence-electron chi connectivity index (χ4n) is 4.84. The predicted octanol–water partition coefficient (Wildman–Crippen LogP) is 3.30. The minimum Gasteiger partial charge on any atom is -0.381 e. The molecule has 0 aromatic heterocycles. The number of nitrogens with zero attached hydrogens (tertiary/aromatic N) is 3. The molecule has 0 spiro atoms. The largest absolute Gasteiger partial charge is 0.381 e. The molecule has 29 heavy (non-hydrogen) atoms. The Morgan fingerprint density at radius 3 is 2.72 bits per heavy atom. The Hall–Kier alpha value is -1.56. The molecule has 2 fully saturated rings. The van der Waals surface area contributed by atoms with Crippen LogP contribution in [0.5, 0.6) is 0 Å². The van der Waals surface area contributed by atoms with Gasteiger partial charge in [0.1, 0.15) is 0 Å². The van der Waals surface area contributed by atoms with E-state index in [1.165, 1.54) is 12.0 Å². The third kappa shape index (κ3) is 4.62. The van der Waals surface area contributed by atoms with Crippen molar-refractivity contribution in [2.75, 3.05) is 52.5 Å². The van der Waals surface area contributed by atoms with Crippen molar-refractivity contribution in [3.8, 4) is 0 Å². The van der Waals surface area contributed by atoms with Gasteiger partial charge in [0.2, 0.25) is 0 Å². The highest BCUT2D eigenvalue weighted by Gasteiger charge is 2.37. The first kappa shape index (κ1) is 20.7. The molecule has 3 aliphatic rings. The average molecular weight is 417 g/mol. The van der Waals surface area contributed by atoms with Crippen LogP contribution in [0.2, 0.25) is 5.02 Å². The maximum absolute atomic E-state index is 6.62. The Balaban J connectivity index is 1.52. The number of guanidine groups is 1. The van der Waals surface area contributed by atoms with Gasteiger partial charge in [0.25, 0.3) is 0 Å². The predicted molar refractivity (Wildman–Crippen MR) is 120 cm³/mol. The zero-order chi connectivity index (χ0) is 20.1. The number of hydrogen-bond donors (Lipinski definition) is 1. The quantitative estimate of drug-likeness (QED) is 0.454. The van der Waals surface area contributed by atoms with E-state index in [0.29, 0.717) is 6.04 Å². The van der Waals surface area contributed by atoms with E-state index in [-0.39, 0.29) is 5.41 Å². The van der Waals surface area contributed by atoms with Crippen LogP contribution in [0, 0.1) is 0 Å². The molecule has 158 valence electrons. The molecule has 1 atom stereocenters. The summed E-state index contributed by atoms with van der Waals surface area (Å²) in [6.45, 7) is 9.60. The van der Waals surface area contributed by atoms with E-state index in [0.717, 1.165) is 76.3 Å². The molecule has 0 bridgehead atoms. The van der Waals surface area contributed by atoms with Crippen molar-refractivity contribution in [3.05, 3.63) is 47.0 Å². The Morgan fingerprint density at radius 2 is 2.00 bits per heavy atom. The van der Waals surface area contributed by atoms with Crippen LogP contribution in [-0.4, -0.2) is 74.3 Å². The molecule has 1 N–H and O–H groups in total. The summed E-state index contributed by atoms with van der Waals surface area (Å²) in [5, 5.41) is 4.38. The summed E-state index contributed by atoms with van der Waals surface area (Å²) in [6.07, 6.45) is 7.68. The molecule has 6 heteroatoms. The fourth-order valence-corrected chi connectivity index (χ4v) is 5.18. The van der Waals surface area contributed by atoms with Crippen molar-refractivity contribution in [2.45, 2.75) is 37.6 Å². The van der Waals surface area contributed by atoms with Crippen LogP contribution >= 0.6 is 11.6 Å². The number of likely N-dealkylation sites (tertiary alicyclic amines) is 1. The summed E-state index contributed by atoms with van der Waals surface area (Å²) < 4.78 is 5.68. The number of rotatable bonds is 5. The van der Waals surface area contributed by atoms with Crippen molar-refractivity contribution in [1.29, 1.82) is 0 Å². The van der Waals surface area contributed by atoms with E-state index in [2.05, 4.69) is 46.3 Å². The van der Waals surface area contributed by atoms with Crippen molar-refractivity contribution in [1.82, 2.24) is 15.1 Å². The van der Waals surface area contributed by atoms with Crippen LogP contribution < -0.4 is 5.32 Å². The SMILES string of the molecule is CCNC(=NCC1(c2ccccc2Cl)CCOCC1)N1CCC(N2CC=CC2)C1. The van der Waals surface area contributed by atoms with E-state index in [1.54, 1.807) is 0 Å². The number of hydrogen-bond acceptors (Lipinski definition) is 3. The molecule has 0 radical (unpaired) electrons. The number of benzene rings is 1. The summed E-state index contributed by atoms with van der Waals surface area (Å²) in [5.74, 6) is 1.04. The smallest absolute Gasteiger partial charge is 0.193 e. The highest BCUT2D eigenvalue weighted by atomic mass is 35.5. The highest BCUT2D eigenvalue weighted by molar-refractivity contribution is 6.31. The molecule has 3 heterocycles. The van der Waals surface area contributed by atoms with Crippen molar-refractivity contribution in [2.24, 2.45) is 4.99 Å². The van der Waals surface area contributed by atoms with Crippen molar-refractivity contribution in [3.63, 3.8) is 0 Å². The standard InChI is InChI=1S/C23H33ClN4O/c1-2-25-22(28-14-9-19(17-28)27-12-5-6-13-27)26-18-23(10-15-29-16-11-23)20-7-3-4-8-21(20)24/h3-8,19H,2,9-18H2,1H3,(H,25,26). The molecule has 2 saturated heterocycles. The van der Waals surface area contributed by atoms with E-state index >= 15 is 0 Å². The highest BCUT2D eigenvalue weighted by Crippen LogP contribution is 2.39. The number of ether oxygens (including phenoxy) is 1. The van der Waals surface area contributed by atoms with Gasteiger partial charge in [0.15, 0.2) is 5.96 Å². The van der Waals surface area contributed by atoms with E-state index in [1.807, 2.05) is 12.1 Å². The van der Waals surface area contributed by atoms with Gasteiger partial charge in [-0.05, 0) is 37.8 Å². The molecule has 1 aromatic rings. The second-order valence-corrected chi connectivity index (χ2v) is 8.76. The Kier molecular flexibility index (Phi) is 6.78.